The maximum atomic E-state index is 12.6. The van der Waals surface area contributed by atoms with E-state index in [9.17, 15) is 4.79 Å². The number of rotatable bonds is 6. The van der Waals surface area contributed by atoms with Gasteiger partial charge in [-0.1, -0.05) is 42.7 Å². The molecular weight excluding hydrogens is 306 g/mol. The van der Waals surface area contributed by atoms with Crippen LogP contribution in [0.1, 0.15) is 30.1 Å². The highest BCUT2D eigenvalue weighted by molar-refractivity contribution is 6.08. The zero-order chi connectivity index (χ0) is 16.9. The van der Waals surface area contributed by atoms with Gasteiger partial charge in [-0.2, -0.15) is 4.80 Å². The highest BCUT2D eigenvalue weighted by Crippen LogP contribution is 2.26. The van der Waals surface area contributed by atoms with Gasteiger partial charge >= 0.3 is 0 Å². The van der Waals surface area contributed by atoms with Gasteiger partial charge in [0, 0.05) is 0 Å². The van der Waals surface area contributed by atoms with Crippen molar-refractivity contribution in [3.8, 4) is 5.75 Å². The van der Waals surface area contributed by atoms with Crippen LogP contribution < -0.4 is 10.1 Å². The van der Waals surface area contributed by atoms with Crippen molar-refractivity contribution in [2.24, 2.45) is 0 Å². The van der Waals surface area contributed by atoms with E-state index in [1.54, 1.807) is 13.2 Å². The van der Waals surface area contributed by atoms with E-state index in [2.05, 4.69) is 27.7 Å². The molecule has 0 aliphatic rings. The lowest BCUT2D eigenvalue weighted by molar-refractivity contribution is 0.102. The second kappa shape index (κ2) is 7.08. The number of nitrogens with one attached hydrogen (secondary N) is 1. The number of aryl methyl sites for hydroxylation is 1. The Hall–Kier alpha value is -2.96. The number of aromatic nitrogens is 4. The van der Waals surface area contributed by atoms with Crippen molar-refractivity contribution in [3.63, 3.8) is 0 Å². The molecule has 0 spiro atoms. The number of fused-ring (bicyclic) bond motifs is 1. The summed E-state index contributed by atoms with van der Waals surface area (Å²) in [5, 5.41) is 16.6. The number of ether oxygens (including phenoxy) is 1. The van der Waals surface area contributed by atoms with Crippen molar-refractivity contribution < 1.29 is 9.53 Å². The van der Waals surface area contributed by atoms with E-state index in [-0.39, 0.29) is 11.9 Å². The summed E-state index contributed by atoms with van der Waals surface area (Å²) < 4.78 is 5.35. The van der Waals surface area contributed by atoms with Gasteiger partial charge in [-0.25, -0.2) is 0 Å². The number of unbranched alkanes of at least 4 members (excludes halogenated alkanes) is 1. The molecule has 1 heterocycles. The number of benzene rings is 2. The quantitative estimate of drug-likeness (QED) is 0.753. The maximum Gasteiger partial charge on any atom is 0.270 e. The minimum atomic E-state index is -0.326. The zero-order valence-electron chi connectivity index (χ0n) is 13.7. The van der Waals surface area contributed by atoms with Crippen LogP contribution in [-0.4, -0.2) is 33.2 Å². The standard InChI is InChI=1S/C17H19N5O2/c1-3-4-9-22-20-17(19-21-22)18-16(23)14-10-12-7-5-6-8-13(12)11-15(14)24-2/h5-8,10-11H,3-4,9H2,1-2H3,(H,18,20,23). The van der Waals surface area contributed by atoms with Gasteiger partial charge in [0.15, 0.2) is 0 Å². The summed E-state index contributed by atoms with van der Waals surface area (Å²) in [5.74, 6) is 0.364. The summed E-state index contributed by atoms with van der Waals surface area (Å²) >= 11 is 0. The fourth-order valence-corrected chi connectivity index (χ4v) is 2.42. The van der Waals surface area contributed by atoms with Gasteiger partial charge in [-0.15, -0.1) is 5.10 Å². The molecule has 0 saturated heterocycles. The first-order chi connectivity index (χ1) is 11.7. The van der Waals surface area contributed by atoms with E-state index in [0.29, 0.717) is 17.9 Å². The van der Waals surface area contributed by atoms with Gasteiger partial charge in [-0.3, -0.25) is 10.1 Å². The van der Waals surface area contributed by atoms with Crippen LogP contribution in [0.5, 0.6) is 5.75 Å². The summed E-state index contributed by atoms with van der Waals surface area (Å²) in [4.78, 5) is 14.0. The molecule has 0 saturated carbocycles. The fraction of sp³-hybridized carbons (Fsp3) is 0.294. The number of amides is 1. The van der Waals surface area contributed by atoms with E-state index < -0.39 is 0 Å². The highest BCUT2D eigenvalue weighted by Gasteiger charge is 2.16. The lowest BCUT2D eigenvalue weighted by Gasteiger charge is -2.09. The average Bonchev–Trinajstić information content (AvgIpc) is 3.05. The third-order valence-electron chi connectivity index (χ3n) is 3.70. The number of carbonyl (C=O) groups is 1. The Labute approximate surface area is 139 Å². The minimum absolute atomic E-state index is 0.186. The Morgan fingerprint density at radius 2 is 2.00 bits per heavy atom. The molecule has 3 aromatic rings. The van der Waals surface area contributed by atoms with E-state index in [1.165, 1.54) is 4.80 Å². The van der Waals surface area contributed by atoms with Crippen molar-refractivity contribution in [1.29, 1.82) is 0 Å². The zero-order valence-corrected chi connectivity index (χ0v) is 13.7. The Bertz CT molecular complexity index is 859. The molecule has 1 amide bonds. The molecule has 24 heavy (non-hydrogen) atoms. The molecule has 7 heteroatoms. The molecule has 0 atom stereocenters. The maximum absolute atomic E-state index is 12.6. The monoisotopic (exact) mass is 325 g/mol. The van der Waals surface area contributed by atoms with Crippen molar-refractivity contribution >= 4 is 22.6 Å². The van der Waals surface area contributed by atoms with Gasteiger partial charge in [0.05, 0.1) is 19.2 Å². The first kappa shape index (κ1) is 15.9. The molecule has 2 aromatic carbocycles. The first-order valence-electron chi connectivity index (χ1n) is 7.87. The van der Waals surface area contributed by atoms with E-state index >= 15 is 0 Å². The number of hydrogen-bond acceptors (Lipinski definition) is 5. The predicted molar refractivity (Wildman–Crippen MR) is 91.2 cm³/mol. The molecule has 0 aliphatic carbocycles. The average molecular weight is 325 g/mol. The SMILES string of the molecule is CCCCn1nnc(NC(=O)c2cc3ccccc3cc2OC)n1. The Kier molecular flexibility index (Phi) is 4.69. The molecular formula is C17H19N5O2. The Morgan fingerprint density at radius 1 is 1.25 bits per heavy atom. The number of anilines is 1. The van der Waals surface area contributed by atoms with E-state index in [1.807, 2.05) is 30.3 Å². The van der Waals surface area contributed by atoms with Crippen LogP contribution in [0.15, 0.2) is 36.4 Å². The van der Waals surface area contributed by atoms with E-state index in [0.717, 1.165) is 23.6 Å². The van der Waals surface area contributed by atoms with Crippen LogP contribution in [0.3, 0.4) is 0 Å². The van der Waals surface area contributed by atoms with Crippen molar-refractivity contribution in [2.75, 3.05) is 12.4 Å². The molecule has 0 radical (unpaired) electrons. The number of hydrogen-bond donors (Lipinski definition) is 1. The second-order valence-electron chi connectivity index (χ2n) is 5.42. The summed E-state index contributed by atoms with van der Waals surface area (Å²) in [6.07, 6.45) is 2.00. The van der Waals surface area contributed by atoms with Crippen LogP contribution >= 0.6 is 0 Å². The smallest absolute Gasteiger partial charge is 0.270 e. The van der Waals surface area contributed by atoms with Gasteiger partial charge in [0.2, 0.25) is 0 Å². The van der Waals surface area contributed by atoms with Gasteiger partial charge < -0.3 is 4.74 Å². The van der Waals surface area contributed by atoms with Crippen molar-refractivity contribution in [1.82, 2.24) is 20.2 Å². The van der Waals surface area contributed by atoms with Crippen LogP contribution in [0.2, 0.25) is 0 Å². The molecule has 3 rings (SSSR count). The lowest BCUT2D eigenvalue weighted by atomic mass is 10.1. The minimum Gasteiger partial charge on any atom is -0.496 e. The first-order valence-corrected chi connectivity index (χ1v) is 7.87. The second-order valence-corrected chi connectivity index (χ2v) is 5.42. The van der Waals surface area contributed by atoms with Crippen LogP contribution in [0.4, 0.5) is 5.95 Å². The van der Waals surface area contributed by atoms with Crippen molar-refractivity contribution in [2.45, 2.75) is 26.3 Å². The molecule has 1 aromatic heterocycles. The summed E-state index contributed by atoms with van der Waals surface area (Å²) in [6, 6.07) is 11.4. The van der Waals surface area contributed by atoms with Crippen LogP contribution in [-0.2, 0) is 6.54 Å². The number of tetrazole rings is 1. The van der Waals surface area contributed by atoms with Crippen LogP contribution in [0, 0.1) is 0 Å². The summed E-state index contributed by atoms with van der Waals surface area (Å²) in [5.41, 5.74) is 0.432. The fourth-order valence-electron chi connectivity index (χ4n) is 2.42. The normalized spacial score (nSPS) is 10.8. The largest absolute Gasteiger partial charge is 0.496 e. The molecule has 124 valence electrons. The third kappa shape index (κ3) is 3.34. The third-order valence-corrected chi connectivity index (χ3v) is 3.70. The summed E-state index contributed by atoms with van der Waals surface area (Å²) in [6.45, 7) is 2.77. The van der Waals surface area contributed by atoms with Gasteiger partial charge in [-0.05, 0) is 34.5 Å². The highest BCUT2D eigenvalue weighted by atomic mass is 16.5. The number of nitrogens with zero attached hydrogens (tertiary/aromatic N) is 4. The number of carbonyl (C=O) groups excluding carboxylic acids is 1. The molecule has 0 fully saturated rings. The number of methoxy groups -OCH3 is 1. The molecule has 1 N–H and O–H groups in total. The molecule has 7 nitrogen and oxygen atoms in total. The Morgan fingerprint density at radius 3 is 2.71 bits per heavy atom. The topological polar surface area (TPSA) is 81.9 Å². The Balaban J connectivity index is 1.83. The molecule has 0 bridgehead atoms. The molecule has 0 aliphatic heterocycles. The van der Waals surface area contributed by atoms with Crippen molar-refractivity contribution in [3.05, 3.63) is 42.0 Å². The van der Waals surface area contributed by atoms with Gasteiger partial charge in [0.1, 0.15) is 5.75 Å². The molecule has 0 unspecified atom stereocenters. The predicted octanol–water partition coefficient (Wildman–Crippen LogP) is 2.89. The van der Waals surface area contributed by atoms with E-state index in [4.69, 9.17) is 4.74 Å². The lowest BCUT2D eigenvalue weighted by Crippen LogP contribution is -2.14. The van der Waals surface area contributed by atoms with Crippen LogP contribution in [0.25, 0.3) is 10.8 Å². The summed E-state index contributed by atoms with van der Waals surface area (Å²) in [7, 11) is 1.54. The van der Waals surface area contributed by atoms with Gasteiger partial charge in [0.25, 0.3) is 11.9 Å².